The van der Waals surface area contributed by atoms with Crippen molar-refractivity contribution in [3.63, 3.8) is 0 Å². The van der Waals surface area contributed by atoms with Gasteiger partial charge in [-0.3, -0.25) is 9.48 Å². The van der Waals surface area contributed by atoms with Crippen LogP contribution < -0.4 is 0 Å². The first-order chi connectivity index (χ1) is 9.70. The van der Waals surface area contributed by atoms with E-state index in [0.717, 1.165) is 12.1 Å². The highest BCUT2D eigenvalue weighted by atomic mass is 35.5. The van der Waals surface area contributed by atoms with Crippen LogP contribution in [0, 0.1) is 6.92 Å². The van der Waals surface area contributed by atoms with Crippen molar-refractivity contribution < 1.29 is 18.0 Å². The number of carbonyl (C=O) groups is 1. The minimum absolute atomic E-state index is 0.000236. The molecule has 1 aromatic heterocycles. The zero-order chi connectivity index (χ0) is 15.8. The van der Waals surface area contributed by atoms with Crippen molar-refractivity contribution in [3.8, 4) is 0 Å². The first kappa shape index (κ1) is 15.6. The molecule has 0 aliphatic heterocycles. The van der Waals surface area contributed by atoms with Crippen LogP contribution in [0.15, 0.2) is 24.3 Å². The van der Waals surface area contributed by atoms with Crippen LogP contribution in [0.3, 0.4) is 0 Å². The second-order valence-electron chi connectivity index (χ2n) is 4.65. The van der Waals surface area contributed by atoms with Gasteiger partial charge in [-0.2, -0.15) is 18.3 Å². The Balaban J connectivity index is 2.29. The van der Waals surface area contributed by atoms with E-state index >= 15 is 0 Å². The molecule has 0 N–H and O–H groups in total. The number of halogens is 4. The van der Waals surface area contributed by atoms with Crippen molar-refractivity contribution in [1.82, 2.24) is 9.78 Å². The van der Waals surface area contributed by atoms with Crippen molar-refractivity contribution in [2.24, 2.45) is 7.05 Å². The summed E-state index contributed by atoms with van der Waals surface area (Å²) in [6.07, 6.45) is -4.57. The van der Waals surface area contributed by atoms with E-state index in [4.69, 9.17) is 11.6 Å². The van der Waals surface area contributed by atoms with Crippen LogP contribution in [0.2, 0.25) is 5.02 Å². The summed E-state index contributed by atoms with van der Waals surface area (Å²) in [7, 11) is 1.63. The lowest BCUT2D eigenvalue weighted by atomic mass is 10.0. The fourth-order valence-corrected chi connectivity index (χ4v) is 2.22. The highest BCUT2D eigenvalue weighted by Crippen LogP contribution is 2.30. The van der Waals surface area contributed by atoms with Gasteiger partial charge >= 0.3 is 6.18 Å². The molecule has 2 aromatic rings. The molecule has 0 aliphatic carbocycles. The third kappa shape index (κ3) is 3.26. The molecule has 112 valence electrons. The Bertz CT molecular complexity index is 692. The molecule has 3 nitrogen and oxygen atoms in total. The van der Waals surface area contributed by atoms with E-state index in [1.54, 1.807) is 14.0 Å². The number of ketones is 1. The van der Waals surface area contributed by atoms with Crippen molar-refractivity contribution in [3.05, 3.63) is 51.8 Å². The van der Waals surface area contributed by atoms with Crippen molar-refractivity contribution in [2.75, 3.05) is 0 Å². The predicted octanol–water partition coefficient (Wildman–Crippen LogP) is 3.83. The Morgan fingerprint density at radius 3 is 2.57 bits per heavy atom. The SMILES string of the molecule is Cc1nn(C)c(CC(=O)c2cccc(C(F)(F)F)c2)c1Cl. The Morgan fingerprint density at radius 2 is 2.05 bits per heavy atom. The zero-order valence-electron chi connectivity index (χ0n) is 11.3. The molecule has 21 heavy (non-hydrogen) atoms. The van der Waals surface area contributed by atoms with E-state index in [1.807, 2.05) is 0 Å². The second-order valence-corrected chi connectivity index (χ2v) is 5.03. The lowest BCUT2D eigenvalue weighted by Gasteiger charge is -2.08. The topological polar surface area (TPSA) is 34.9 Å². The molecule has 2 rings (SSSR count). The van der Waals surface area contributed by atoms with Crippen molar-refractivity contribution >= 4 is 17.4 Å². The molecule has 0 saturated carbocycles. The quantitative estimate of drug-likeness (QED) is 0.807. The summed E-state index contributed by atoms with van der Waals surface area (Å²) in [5.74, 6) is -0.439. The van der Waals surface area contributed by atoms with Gasteiger partial charge in [0.25, 0.3) is 0 Å². The number of aryl methyl sites for hydroxylation is 2. The number of carbonyl (C=O) groups excluding carboxylic acids is 1. The lowest BCUT2D eigenvalue weighted by Crippen LogP contribution is -2.11. The molecule has 0 unspecified atom stereocenters. The third-order valence-electron chi connectivity index (χ3n) is 3.10. The Morgan fingerprint density at radius 1 is 1.38 bits per heavy atom. The van der Waals surface area contributed by atoms with Gasteiger partial charge in [-0.15, -0.1) is 0 Å². The summed E-state index contributed by atoms with van der Waals surface area (Å²) in [5, 5.41) is 4.43. The minimum atomic E-state index is -4.48. The average molecular weight is 317 g/mol. The maximum Gasteiger partial charge on any atom is 0.416 e. The van der Waals surface area contributed by atoms with Crippen molar-refractivity contribution in [2.45, 2.75) is 19.5 Å². The highest BCUT2D eigenvalue weighted by molar-refractivity contribution is 6.32. The molecule has 0 radical (unpaired) electrons. The molecular weight excluding hydrogens is 305 g/mol. The van der Waals surface area contributed by atoms with Gasteiger partial charge in [-0.25, -0.2) is 0 Å². The number of rotatable bonds is 3. The summed E-state index contributed by atoms with van der Waals surface area (Å²) in [5.41, 5.74) is 0.211. The van der Waals surface area contributed by atoms with Gasteiger partial charge in [0.05, 0.1) is 28.4 Å². The fraction of sp³-hybridized carbons (Fsp3) is 0.286. The van der Waals surface area contributed by atoms with Gasteiger partial charge in [-0.05, 0) is 19.1 Å². The molecule has 0 atom stereocenters. The van der Waals surface area contributed by atoms with E-state index in [9.17, 15) is 18.0 Å². The zero-order valence-corrected chi connectivity index (χ0v) is 12.1. The maximum atomic E-state index is 12.6. The fourth-order valence-electron chi connectivity index (χ4n) is 2.00. The first-order valence-electron chi connectivity index (χ1n) is 6.08. The van der Waals surface area contributed by atoms with Crippen LogP contribution in [0.25, 0.3) is 0 Å². The number of alkyl halides is 3. The molecular formula is C14H12ClF3N2O. The number of benzene rings is 1. The van der Waals surface area contributed by atoms with Crippen LogP contribution in [0.1, 0.15) is 27.3 Å². The predicted molar refractivity (Wildman–Crippen MR) is 72.4 cm³/mol. The second kappa shape index (κ2) is 5.52. The Hall–Kier alpha value is -1.82. The van der Waals surface area contributed by atoms with Crippen LogP contribution in [0.4, 0.5) is 13.2 Å². The van der Waals surface area contributed by atoms with Gasteiger partial charge in [0, 0.05) is 12.6 Å². The number of nitrogens with zero attached hydrogens (tertiary/aromatic N) is 2. The smallest absolute Gasteiger partial charge is 0.294 e. The van der Waals surface area contributed by atoms with E-state index < -0.39 is 17.5 Å². The number of hydrogen-bond donors (Lipinski definition) is 0. The van der Waals surface area contributed by atoms with Crippen LogP contribution >= 0.6 is 11.6 Å². The van der Waals surface area contributed by atoms with E-state index in [0.29, 0.717) is 16.4 Å². The molecule has 7 heteroatoms. The standard InChI is InChI=1S/C14H12ClF3N2O/c1-8-13(15)11(20(2)19-8)7-12(21)9-4-3-5-10(6-9)14(16,17)18/h3-6H,7H2,1-2H3. The molecule has 0 bridgehead atoms. The van der Waals surface area contributed by atoms with Gasteiger partial charge in [0.2, 0.25) is 0 Å². The van der Waals surface area contributed by atoms with Crippen LogP contribution in [0.5, 0.6) is 0 Å². The highest BCUT2D eigenvalue weighted by Gasteiger charge is 2.31. The summed E-state index contributed by atoms with van der Waals surface area (Å²) in [6, 6.07) is 4.35. The summed E-state index contributed by atoms with van der Waals surface area (Å²) in [6.45, 7) is 1.70. The maximum absolute atomic E-state index is 12.6. The van der Waals surface area contributed by atoms with Crippen molar-refractivity contribution in [1.29, 1.82) is 0 Å². The molecule has 0 saturated heterocycles. The molecule has 0 spiro atoms. The summed E-state index contributed by atoms with van der Waals surface area (Å²) in [4.78, 5) is 12.1. The Labute approximate surface area is 124 Å². The molecule has 1 heterocycles. The normalized spacial score (nSPS) is 11.7. The van der Waals surface area contributed by atoms with E-state index in [2.05, 4.69) is 5.10 Å². The van der Waals surface area contributed by atoms with Gasteiger partial charge in [-0.1, -0.05) is 23.7 Å². The molecule has 0 aliphatic rings. The Kier molecular flexibility index (Phi) is 4.09. The average Bonchev–Trinajstić information content (AvgIpc) is 2.64. The molecule has 0 fully saturated rings. The molecule has 1 aromatic carbocycles. The van der Waals surface area contributed by atoms with Crippen LogP contribution in [-0.4, -0.2) is 15.6 Å². The number of hydrogen-bond acceptors (Lipinski definition) is 2. The third-order valence-corrected chi connectivity index (χ3v) is 3.59. The van der Waals surface area contributed by atoms with Gasteiger partial charge in [0.15, 0.2) is 5.78 Å². The number of aromatic nitrogens is 2. The summed E-state index contributed by atoms with van der Waals surface area (Å²) < 4.78 is 39.4. The minimum Gasteiger partial charge on any atom is -0.294 e. The van der Waals surface area contributed by atoms with Gasteiger partial charge < -0.3 is 0 Å². The van der Waals surface area contributed by atoms with E-state index in [-0.39, 0.29) is 12.0 Å². The monoisotopic (exact) mass is 316 g/mol. The first-order valence-corrected chi connectivity index (χ1v) is 6.46. The van der Waals surface area contributed by atoms with Crippen LogP contribution in [-0.2, 0) is 19.6 Å². The number of Topliss-reactive ketones (excluding diaryl/α,β-unsaturated/α-hetero) is 1. The van der Waals surface area contributed by atoms with E-state index in [1.165, 1.54) is 16.8 Å². The largest absolute Gasteiger partial charge is 0.416 e. The van der Waals surface area contributed by atoms with Gasteiger partial charge in [0.1, 0.15) is 0 Å². The lowest BCUT2D eigenvalue weighted by molar-refractivity contribution is -0.137. The molecule has 0 amide bonds. The summed E-state index contributed by atoms with van der Waals surface area (Å²) >= 11 is 6.03.